The zero-order chi connectivity index (χ0) is 17.1. The van der Waals surface area contributed by atoms with Crippen molar-refractivity contribution in [3.8, 4) is 0 Å². The summed E-state index contributed by atoms with van der Waals surface area (Å²) in [7, 11) is 0. The Labute approximate surface area is 133 Å². The van der Waals surface area contributed by atoms with E-state index >= 15 is 0 Å². The standard InChI is InChI=1S/C17H31NO4/c1-11(2)17(6,10-16(3,4)5)15(20)22-12-7-8-14(19)13(9-12)18-21/h11-13,18,21H,7-10H2,1-6H3. The van der Waals surface area contributed by atoms with Crippen LogP contribution in [-0.4, -0.2) is 29.1 Å². The van der Waals surface area contributed by atoms with E-state index in [1.54, 1.807) is 0 Å². The van der Waals surface area contributed by atoms with Crippen LogP contribution in [0.2, 0.25) is 0 Å². The fraction of sp³-hybridized carbons (Fsp3) is 0.882. The molecule has 1 aliphatic rings. The first-order valence-electron chi connectivity index (χ1n) is 8.13. The Morgan fingerprint density at radius 1 is 1.36 bits per heavy atom. The first kappa shape index (κ1) is 19.1. The highest BCUT2D eigenvalue weighted by molar-refractivity contribution is 5.85. The zero-order valence-corrected chi connectivity index (χ0v) is 14.7. The van der Waals surface area contributed by atoms with Crippen LogP contribution >= 0.6 is 0 Å². The van der Waals surface area contributed by atoms with E-state index in [-0.39, 0.29) is 29.2 Å². The molecule has 1 fully saturated rings. The van der Waals surface area contributed by atoms with E-state index < -0.39 is 11.5 Å². The van der Waals surface area contributed by atoms with Gasteiger partial charge in [0.1, 0.15) is 6.10 Å². The number of hydrogen-bond donors (Lipinski definition) is 2. The van der Waals surface area contributed by atoms with Crippen molar-refractivity contribution in [2.75, 3.05) is 0 Å². The van der Waals surface area contributed by atoms with Crippen LogP contribution in [0.4, 0.5) is 0 Å². The maximum atomic E-state index is 12.7. The highest BCUT2D eigenvalue weighted by Crippen LogP contribution is 2.41. The van der Waals surface area contributed by atoms with E-state index in [4.69, 9.17) is 9.94 Å². The molecule has 3 atom stereocenters. The number of Topliss-reactive ketones (excluding diaryl/α,β-unsaturated/α-hetero) is 1. The van der Waals surface area contributed by atoms with Crippen LogP contribution in [0, 0.1) is 16.7 Å². The quantitative estimate of drug-likeness (QED) is 0.602. The number of hydrogen-bond acceptors (Lipinski definition) is 5. The number of ether oxygens (including phenoxy) is 1. The molecule has 5 heteroatoms. The highest BCUT2D eigenvalue weighted by atomic mass is 16.5. The zero-order valence-electron chi connectivity index (χ0n) is 14.7. The molecule has 0 amide bonds. The molecule has 2 N–H and O–H groups in total. The van der Waals surface area contributed by atoms with Crippen molar-refractivity contribution in [2.24, 2.45) is 16.7 Å². The second-order valence-corrected chi connectivity index (χ2v) is 8.26. The lowest BCUT2D eigenvalue weighted by atomic mass is 9.68. The van der Waals surface area contributed by atoms with Crippen LogP contribution in [0.15, 0.2) is 0 Å². The molecule has 0 heterocycles. The summed E-state index contributed by atoms with van der Waals surface area (Å²) in [5, 5.41) is 9.00. The van der Waals surface area contributed by atoms with Gasteiger partial charge in [0, 0.05) is 12.8 Å². The van der Waals surface area contributed by atoms with Gasteiger partial charge >= 0.3 is 5.97 Å². The molecule has 0 aromatic rings. The molecule has 0 saturated heterocycles. The molecule has 0 spiro atoms. The Kier molecular flexibility index (Phi) is 6.16. The van der Waals surface area contributed by atoms with Crippen LogP contribution in [0.3, 0.4) is 0 Å². The predicted octanol–water partition coefficient (Wildman–Crippen LogP) is 3.10. The highest BCUT2D eigenvalue weighted by Gasteiger charge is 2.43. The summed E-state index contributed by atoms with van der Waals surface area (Å²) < 4.78 is 5.70. The normalized spacial score (nSPS) is 25.9. The third-order valence-electron chi connectivity index (χ3n) is 4.67. The topological polar surface area (TPSA) is 75.6 Å². The summed E-state index contributed by atoms with van der Waals surface area (Å²) in [6.45, 7) is 12.4. The summed E-state index contributed by atoms with van der Waals surface area (Å²) in [6.07, 6.45) is 1.63. The van der Waals surface area contributed by atoms with Gasteiger partial charge in [-0.25, -0.2) is 0 Å². The van der Waals surface area contributed by atoms with Crippen molar-refractivity contribution in [3.05, 3.63) is 0 Å². The maximum absolute atomic E-state index is 12.7. The average Bonchev–Trinajstić information content (AvgIpc) is 2.38. The molecule has 1 saturated carbocycles. The van der Waals surface area contributed by atoms with E-state index in [1.165, 1.54) is 0 Å². The van der Waals surface area contributed by atoms with Crippen molar-refractivity contribution in [1.82, 2.24) is 5.48 Å². The van der Waals surface area contributed by atoms with Crippen LogP contribution in [0.1, 0.15) is 67.2 Å². The largest absolute Gasteiger partial charge is 0.462 e. The van der Waals surface area contributed by atoms with Gasteiger partial charge in [-0.15, -0.1) is 0 Å². The van der Waals surface area contributed by atoms with Gasteiger partial charge in [-0.05, 0) is 31.1 Å². The molecule has 0 radical (unpaired) electrons. The molecule has 128 valence electrons. The summed E-state index contributed by atoms with van der Waals surface area (Å²) >= 11 is 0. The summed E-state index contributed by atoms with van der Waals surface area (Å²) in [4.78, 5) is 24.3. The van der Waals surface area contributed by atoms with Gasteiger partial charge < -0.3 is 9.94 Å². The first-order chi connectivity index (χ1) is 9.99. The van der Waals surface area contributed by atoms with Crippen LogP contribution in [0.25, 0.3) is 0 Å². The minimum absolute atomic E-state index is 0.0236. The van der Waals surface area contributed by atoms with Crippen molar-refractivity contribution in [2.45, 2.75) is 79.4 Å². The summed E-state index contributed by atoms with van der Waals surface area (Å²) in [5.41, 5.74) is 1.49. The molecule has 0 aromatic heterocycles. The Balaban J connectivity index is 2.78. The van der Waals surface area contributed by atoms with Gasteiger partial charge in [-0.1, -0.05) is 34.6 Å². The number of ketones is 1. The average molecular weight is 313 g/mol. The van der Waals surface area contributed by atoms with Gasteiger partial charge in [-0.3, -0.25) is 9.59 Å². The van der Waals surface area contributed by atoms with Crippen molar-refractivity contribution in [1.29, 1.82) is 0 Å². The Hall–Kier alpha value is -0.940. The lowest BCUT2D eigenvalue weighted by Crippen LogP contribution is -2.45. The monoisotopic (exact) mass is 313 g/mol. The second kappa shape index (κ2) is 7.09. The maximum Gasteiger partial charge on any atom is 0.312 e. The lowest BCUT2D eigenvalue weighted by Gasteiger charge is -2.38. The van der Waals surface area contributed by atoms with Gasteiger partial charge in [0.15, 0.2) is 5.78 Å². The molecule has 1 aliphatic carbocycles. The molecule has 5 nitrogen and oxygen atoms in total. The number of carbonyl (C=O) groups is 2. The van der Waals surface area contributed by atoms with Crippen molar-refractivity contribution < 1.29 is 19.5 Å². The van der Waals surface area contributed by atoms with Gasteiger partial charge in [0.2, 0.25) is 0 Å². The Morgan fingerprint density at radius 2 is 1.95 bits per heavy atom. The molecular weight excluding hydrogens is 282 g/mol. The van der Waals surface area contributed by atoms with E-state index in [2.05, 4.69) is 20.8 Å². The smallest absolute Gasteiger partial charge is 0.312 e. The molecule has 0 bridgehead atoms. The minimum Gasteiger partial charge on any atom is -0.462 e. The summed E-state index contributed by atoms with van der Waals surface area (Å²) in [5.74, 6) is -0.0687. The number of rotatable bonds is 5. The van der Waals surface area contributed by atoms with Crippen molar-refractivity contribution in [3.63, 3.8) is 0 Å². The van der Waals surface area contributed by atoms with E-state index in [9.17, 15) is 9.59 Å². The Morgan fingerprint density at radius 3 is 2.41 bits per heavy atom. The van der Waals surface area contributed by atoms with Crippen LogP contribution in [-0.2, 0) is 14.3 Å². The number of nitrogens with one attached hydrogen (secondary N) is 1. The first-order valence-corrected chi connectivity index (χ1v) is 8.13. The van der Waals surface area contributed by atoms with E-state index in [1.807, 2.05) is 26.3 Å². The second-order valence-electron chi connectivity index (χ2n) is 8.26. The SMILES string of the molecule is CC(C)C(C)(CC(C)(C)C)C(=O)OC1CCC(=O)C(NO)C1. The number of esters is 1. The van der Waals surface area contributed by atoms with Gasteiger partial charge in [0.25, 0.3) is 0 Å². The fourth-order valence-corrected chi connectivity index (χ4v) is 3.12. The third kappa shape index (κ3) is 4.78. The van der Waals surface area contributed by atoms with Gasteiger partial charge in [0.05, 0.1) is 11.5 Å². The van der Waals surface area contributed by atoms with Gasteiger partial charge in [-0.2, -0.15) is 5.48 Å². The molecular formula is C17H31NO4. The summed E-state index contributed by atoms with van der Waals surface area (Å²) in [6, 6.07) is -0.625. The number of carbonyl (C=O) groups excluding carboxylic acids is 2. The molecule has 0 aromatic carbocycles. The Bertz CT molecular complexity index is 413. The van der Waals surface area contributed by atoms with Crippen molar-refractivity contribution >= 4 is 11.8 Å². The molecule has 22 heavy (non-hydrogen) atoms. The van der Waals surface area contributed by atoms with Crippen LogP contribution in [0.5, 0.6) is 0 Å². The minimum atomic E-state index is -0.625. The van der Waals surface area contributed by atoms with Crippen LogP contribution < -0.4 is 5.48 Å². The predicted molar refractivity (Wildman–Crippen MR) is 84.5 cm³/mol. The van der Waals surface area contributed by atoms with E-state index in [0.29, 0.717) is 19.3 Å². The molecule has 0 aliphatic heterocycles. The lowest BCUT2D eigenvalue weighted by molar-refractivity contribution is -0.169. The number of hydroxylamine groups is 1. The molecule has 3 unspecified atom stereocenters. The fourth-order valence-electron chi connectivity index (χ4n) is 3.12. The molecule has 1 rings (SSSR count). The van der Waals surface area contributed by atoms with E-state index in [0.717, 1.165) is 6.42 Å². The third-order valence-corrected chi connectivity index (χ3v) is 4.67.